The first kappa shape index (κ1) is 19.6. The lowest BCUT2D eigenvalue weighted by molar-refractivity contribution is 0.953. The van der Waals surface area contributed by atoms with Crippen molar-refractivity contribution in [1.29, 1.82) is 0 Å². The van der Waals surface area contributed by atoms with Gasteiger partial charge in [0.05, 0.1) is 11.3 Å². The molecule has 2 N–H and O–H groups in total. The van der Waals surface area contributed by atoms with E-state index in [-0.39, 0.29) is 5.56 Å². The van der Waals surface area contributed by atoms with Gasteiger partial charge >= 0.3 is 0 Å². The molecule has 4 aromatic carbocycles. The van der Waals surface area contributed by atoms with Crippen LogP contribution < -0.4 is 11.4 Å². The lowest BCUT2D eigenvalue weighted by Gasteiger charge is -2.22. The van der Waals surface area contributed by atoms with Crippen LogP contribution in [0.15, 0.2) is 126 Å². The monoisotopic (exact) mass is 414 g/mol. The third kappa shape index (κ3) is 3.40. The molecule has 1 aromatic heterocycles. The second-order valence-corrected chi connectivity index (χ2v) is 7.61. The van der Waals surface area contributed by atoms with Crippen molar-refractivity contribution in [2.75, 3.05) is 5.84 Å². The molecule has 32 heavy (non-hydrogen) atoms. The zero-order chi connectivity index (χ0) is 21.9. The molecule has 154 valence electrons. The van der Waals surface area contributed by atoms with E-state index in [1.54, 1.807) is 0 Å². The molecule has 1 heterocycles. The standard InChI is InChI=1S/C29H22N2O/c30-31-28(24-19-11-4-12-20-24)26(22-15-7-2-8-16-22)25(21-13-5-1-6-14-21)27(29(31)32)23-17-9-3-10-18-23/h1-20H,30H2. The Hall–Kier alpha value is -4.37. The first-order chi connectivity index (χ1) is 15.8. The minimum Gasteiger partial charge on any atom is -0.336 e. The van der Waals surface area contributed by atoms with Gasteiger partial charge in [0.15, 0.2) is 0 Å². The number of aromatic nitrogens is 1. The molecule has 0 atom stereocenters. The molecule has 0 aliphatic rings. The fourth-order valence-electron chi connectivity index (χ4n) is 4.22. The summed E-state index contributed by atoms with van der Waals surface area (Å²) in [6.45, 7) is 0. The third-order valence-corrected chi connectivity index (χ3v) is 5.64. The number of hydrogen-bond donors (Lipinski definition) is 1. The van der Waals surface area contributed by atoms with Crippen LogP contribution in [-0.2, 0) is 0 Å². The van der Waals surface area contributed by atoms with Gasteiger partial charge in [-0.2, -0.15) is 0 Å². The molecule has 0 aliphatic heterocycles. The van der Waals surface area contributed by atoms with Crippen LogP contribution in [0.3, 0.4) is 0 Å². The Bertz CT molecular complexity index is 1410. The van der Waals surface area contributed by atoms with Gasteiger partial charge in [-0.15, -0.1) is 0 Å². The Morgan fingerprint density at radius 1 is 0.438 bits per heavy atom. The van der Waals surface area contributed by atoms with E-state index in [0.29, 0.717) is 11.3 Å². The number of rotatable bonds is 4. The van der Waals surface area contributed by atoms with Crippen LogP contribution in [0.5, 0.6) is 0 Å². The average molecular weight is 415 g/mol. The van der Waals surface area contributed by atoms with Crippen molar-refractivity contribution in [2.45, 2.75) is 0 Å². The van der Waals surface area contributed by atoms with Gasteiger partial charge in [-0.3, -0.25) is 4.79 Å². The van der Waals surface area contributed by atoms with E-state index < -0.39 is 0 Å². The normalized spacial score (nSPS) is 10.8. The largest absolute Gasteiger partial charge is 0.336 e. The van der Waals surface area contributed by atoms with E-state index in [0.717, 1.165) is 33.4 Å². The number of pyridine rings is 1. The van der Waals surface area contributed by atoms with E-state index in [9.17, 15) is 4.79 Å². The van der Waals surface area contributed by atoms with Gasteiger partial charge in [0.2, 0.25) is 0 Å². The molecule has 0 spiro atoms. The zero-order valence-corrected chi connectivity index (χ0v) is 17.5. The summed E-state index contributed by atoms with van der Waals surface area (Å²) >= 11 is 0. The second kappa shape index (κ2) is 8.40. The second-order valence-electron chi connectivity index (χ2n) is 7.61. The minimum absolute atomic E-state index is 0.228. The quantitative estimate of drug-likeness (QED) is 0.354. The van der Waals surface area contributed by atoms with E-state index in [4.69, 9.17) is 5.84 Å². The molecule has 0 fully saturated rings. The van der Waals surface area contributed by atoms with Gasteiger partial charge in [0, 0.05) is 16.7 Å². The Morgan fingerprint density at radius 3 is 1.22 bits per heavy atom. The minimum atomic E-state index is -0.228. The molecule has 0 saturated heterocycles. The molecule has 3 nitrogen and oxygen atoms in total. The van der Waals surface area contributed by atoms with Gasteiger partial charge in [-0.05, 0) is 16.7 Å². The summed E-state index contributed by atoms with van der Waals surface area (Å²) in [4.78, 5) is 13.8. The highest BCUT2D eigenvalue weighted by Gasteiger charge is 2.24. The Morgan fingerprint density at radius 2 is 0.781 bits per heavy atom. The molecule has 0 radical (unpaired) electrons. The molecule has 0 saturated carbocycles. The van der Waals surface area contributed by atoms with Crippen LogP contribution in [0.25, 0.3) is 44.6 Å². The van der Waals surface area contributed by atoms with Gasteiger partial charge in [-0.1, -0.05) is 121 Å². The molecule has 0 unspecified atom stereocenters. The number of nitrogen functional groups attached to an aromatic ring is 1. The number of benzene rings is 4. The van der Waals surface area contributed by atoms with Crippen molar-refractivity contribution in [2.24, 2.45) is 0 Å². The lowest BCUT2D eigenvalue weighted by Crippen LogP contribution is -2.31. The number of nitrogens with two attached hydrogens (primary N) is 1. The Balaban J connectivity index is 2.02. The first-order valence-electron chi connectivity index (χ1n) is 10.6. The summed E-state index contributed by atoms with van der Waals surface area (Å²) < 4.78 is 1.30. The summed E-state index contributed by atoms with van der Waals surface area (Å²) in [5.41, 5.74) is 6.58. The maximum absolute atomic E-state index is 13.8. The third-order valence-electron chi connectivity index (χ3n) is 5.64. The predicted octanol–water partition coefficient (Wildman–Crippen LogP) is 6.23. The fraction of sp³-hybridized carbons (Fsp3) is 0. The van der Waals surface area contributed by atoms with Gasteiger partial charge in [-0.25, -0.2) is 4.68 Å². The first-order valence-corrected chi connectivity index (χ1v) is 10.6. The molecule has 0 aliphatic carbocycles. The van der Waals surface area contributed by atoms with Crippen molar-refractivity contribution in [3.8, 4) is 44.6 Å². The van der Waals surface area contributed by atoms with Crippen molar-refractivity contribution in [3.63, 3.8) is 0 Å². The van der Waals surface area contributed by atoms with Gasteiger partial charge in [0.1, 0.15) is 0 Å². The summed E-state index contributed by atoms with van der Waals surface area (Å²) in [6, 6.07) is 39.8. The van der Waals surface area contributed by atoms with Crippen LogP contribution in [0, 0.1) is 0 Å². The van der Waals surface area contributed by atoms with Crippen LogP contribution in [0.2, 0.25) is 0 Å². The Labute approximate surface area is 187 Å². The van der Waals surface area contributed by atoms with Crippen LogP contribution in [0.4, 0.5) is 0 Å². The maximum atomic E-state index is 13.8. The lowest BCUT2D eigenvalue weighted by atomic mass is 9.86. The summed E-state index contributed by atoms with van der Waals surface area (Å²) in [5.74, 6) is 6.54. The van der Waals surface area contributed by atoms with Crippen LogP contribution >= 0.6 is 0 Å². The summed E-state index contributed by atoms with van der Waals surface area (Å²) in [7, 11) is 0. The highest BCUT2D eigenvalue weighted by atomic mass is 16.1. The predicted molar refractivity (Wildman–Crippen MR) is 133 cm³/mol. The summed E-state index contributed by atoms with van der Waals surface area (Å²) in [5, 5.41) is 0. The van der Waals surface area contributed by atoms with Crippen molar-refractivity contribution in [1.82, 2.24) is 4.68 Å². The molecule has 5 aromatic rings. The number of hydrogen-bond acceptors (Lipinski definition) is 2. The molecular formula is C29H22N2O. The SMILES string of the molecule is Nn1c(-c2ccccc2)c(-c2ccccc2)c(-c2ccccc2)c(-c2ccccc2)c1=O. The zero-order valence-electron chi connectivity index (χ0n) is 17.5. The van der Waals surface area contributed by atoms with E-state index in [1.807, 2.05) is 109 Å². The molecule has 3 heteroatoms. The molecular weight excluding hydrogens is 392 g/mol. The average Bonchev–Trinajstić information content (AvgIpc) is 2.87. The molecule has 0 amide bonds. The van der Waals surface area contributed by atoms with E-state index in [1.165, 1.54) is 4.68 Å². The topological polar surface area (TPSA) is 48.0 Å². The number of nitrogens with zero attached hydrogens (tertiary/aromatic N) is 1. The molecule has 0 bridgehead atoms. The van der Waals surface area contributed by atoms with E-state index >= 15 is 0 Å². The van der Waals surface area contributed by atoms with Gasteiger partial charge in [0.25, 0.3) is 5.56 Å². The Kier molecular flexibility index (Phi) is 5.14. The van der Waals surface area contributed by atoms with Crippen molar-refractivity contribution < 1.29 is 0 Å². The van der Waals surface area contributed by atoms with Crippen LogP contribution in [0.1, 0.15) is 0 Å². The van der Waals surface area contributed by atoms with Crippen LogP contribution in [-0.4, -0.2) is 4.68 Å². The van der Waals surface area contributed by atoms with Crippen molar-refractivity contribution in [3.05, 3.63) is 132 Å². The molecule has 5 rings (SSSR count). The smallest absolute Gasteiger partial charge is 0.277 e. The maximum Gasteiger partial charge on any atom is 0.277 e. The highest BCUT2D eigenvalue weighted by Crippen LogP contribution is 2.43. The fourth-order valence-corrected chi connectivity index (χ4v) is 4.22. The highest BCUT2D eigenvalue weighted by molar-refractivity contribution is 6.00. The van der Waals surface area contributed by atoms with Crippen molar-refractivity contribution >= 4 is 0 Å². The summed E-state index contributed by atoms with van der Waals surface area (Å²) in [6.07, 6.45) is 0. The van der Waals surface area contributed by atoms with Gasteiger partial charge < -0.3 is 5.84 Å². The van der Waals surface area contributed by atoms with E-state index in [2.05, 4.69) is 12.1 Å².